The Morgan fingerprint density at radius 3 is 2.64 bits per heavy atom. The second-order valence-corrected chi connectivity index (χ2v) is 7.05. The molecule has 0 spiro atoms. The monoisotopic (exact) mass is 424 g/mol. The van der Waals surface area contributed by atoms with Crippen LogP contribution in [0.25, 0.3) is 10.6 Å². The van der Waals surface area contributed by atoms with Crippen molar-refractivity contribution in [3.8, 4) is 22.1 Å². The number of amides is 1. The molecule has 0 bridgehead atoms. The molecule has 1 amide bonds. The minimum atomic E-state index is -2.70. The molecule has 0 aliphatic heterocycles. The van der Waals surface area contributed by atoms with Gasteiger partial charge in [-0.1, -0.05) is 23.7 Å². The summed E-state index contributed by atoms with van der Waals surface area (Å²) in [6.07, 6.45) is -2.70. The molecule has 3 rings (SSSR count). The van der Waals surface area contributed by atoms with Crippen molar-refractivity contribution in [2.45, 2.75) is 13.0 Å². The minimum Gasteiger partial charge on any atom is -0.507 e. The van der Waals surface area contributed by atoms with E-state index in [4.69, 9.17) is 16.3 Å². The number of hydrogen-bond acceptors (Lipinski definition) is 5. The number of nitrogens with one attached hydrogen (secondary N) is 1. The minimum absolute atomic E-state index is 0.114. The first-order valence-corrected chi connectivity index (χ1v) is 9.32. The van der Waals surface area contributed by atoms with E-state index >= 15 is 0 Å². The Morgan fingerprint density at radius 1 is 1.32 bits per heavy atom. The van der Waals surface area contributed by atoms with Gasteiger partial charge in [-0.3, -0.25) is 4.79 Å². The van der Waals surface area contributed by atoms with Crippen molar-refractivity contribution in [3.63, 3.8) is 0 Å². The number of ether oxygens (including phenoxy) is 1. The fourth-order valence-electron chi connectivity index (χ4n) is 2.48. The van der Waals surface area contributed by atoms with Gasteiger partial charge in [0.15, 0.2) is 0 Å². The van der Waals surface area contributed by atoms with Crippen LogP contribution in [0.2, 0.25) is 5.02 Å². The smallest absolute Gasteiger partial charge is 0.281 e. The van der Waals surface area contributed by atoms with E-state index in [1.54, 1.807) is 24.3 Å². The Bertz CT molecular complexity index is 993. The third-order valence-electron chi connectivity index (χ3n) is 3.90. The molecule has 146 valence electrons. The van der Waals surface area contributed by atoms with Crippen LogP contribution in [0.1, 0.15) is 28.0 Å². The van der Waals surface area contributed by atoms with Crippen LogP contribution in [0, 0.1) is 0 Å². The molecule has 1 aromatic heterocycles. The number of nitrogens with zero attached hydrogens (tertiary/aromatic N) is 1. The van der Waals surface area contributed by atoms with Crippen LogP contribution in [0.5, 0.6) is 11.5 Å². The Kier molecular flexibility index (Phi) is 6.11. The Balaban J connectivity index is 1.83. The predicted molar refractivity (Wildman–Crippen MR) is 103 cm³/mol. The van der Waals surface area contributed by atoms with Gasteiger partial charge in [-0.2, -0.15) is 0 Å². The summed E-state index contributed by atoms with van der Waals surface area (Å²) in [5.74, 6) is -0.524. The molecule has 28 heavy (non-hydrogen) atoms. The topological polar surface area (TPSA) is 71.5 Å². The fraction of sp³-hybridized carbons (Fsp3) is 0.158. The molecule has 0 aliphatic rings. The summed E-state index contributed by atoms with van der Waals surface area (Å²) in [6, 6.07) is 9.63. The molecule has 0 atom stereocenters. The summed E-state index contributed by atoms with van der Waals surface area (Å²) in [7, 11) is 1.37. The number of alkyl halides is 2. The molecule has 0 aliphatic carbocycles. The second-order valence-electron chi connectivity index (χ2n) is 5.76. The maximum absolute atomic E-state index is 12.8. The summed E-state index contributed by atoms with van der Waals surface area (Å²) < 4.78 is 30.8. The van der Waals surface area contributed by atoms with Crippen molar-refractivity contribution >= 4 is 28.8 Å². The molecule has 5 nitrogen and oxygen atoms in total. The summed E-state index contributed by atoms with van der Waals surface area (Å²) in [4.78, 5) is 16.3. The average Bonchev–Trinajstić information content (AvgIpc) is 3.17. The lowest BCUT2D eigenvalue weighted by Crippen LogP contribution is -2.23. The van der Waals surface area contributed by atoms with E-state index in [1.165, 1.54) is 24.6 Å². The highest BCUT2D eigenvalue weighted by Gasteiger charge is 2.20. The van der Waals surface area contributed by atoms with Gasteiger partial charge in [0.05, 0.1) is 18.2 Å². The van der Waals surface area contributed by atoms with Gasteiger partial charge in [-0.25, -0.2) is 13.8 Å². The summed E-state index contributed by atoms with van der Waals surface area (Å²) in [5.41, 5.74) is 0.800. The van der Waals surface area contributed by atoms with E-state index in [1.807, 2.05) is 0 Å². The molecule has 0 saturated carbocycles. The third kappa shape index (κ3) is 4.40. The first-order valence-electron chi connectivity index (χ1n) is 8.06. The van der Waals surface area contributed by atoms with Crippen molar-refractivity contribution < 1.29 is 23.4 Å². The van der Waals surface area contributed by atoms with Gasteiger partial charge in [-0.15, -0.1) is 11.3 Å². The summed E-state index contributed by atoms with van der Waals surface area (Å²) >= 11 is 6.80. The molecule has 3 aromatic rings. The molecule has 0 radical (unpaired) electrons. The van der Waals surface area contributed by atoms with Gasteiger partial charge in [-0.05, 0) is 29.8 Å². The fourth-order valence-corrected chi connectivity index (χ4v) is 3.44. The maximum Gasteiger partial charge on any atom is 0.281 e. The molecule has 0 unspecified atom stereocenters. The molecular weight excluding hydrogens is 410 g/mol. The first-order chi connectivity index (χ1) is 13.4. The van der Waals surface area contributed by atoms with Crippen molar-refractivity contribution in [2.24, 2.45) is 0 Å². The standard InChI is InChI=1S/C19H15ClF2N2O3S/c1-27-16-7-12(19-24-14(9-28-19)17(21)22)15(25)6-13(16)18(26)23-8-10-2-4-11(20)5-3-10/h2-7,9,17,25H,8H2,1H3,(H,23,26). The Hall–Kier alpha value is -2.71. The van der Waals surface area contributed by atoms with E-state index in [9.17, 15) is 18.7 Å². The van der Waals surface area contributed by atoms with E-state index in [-0.39, 0.29) is 39.9 Å². The number of aromatic hydroxyl groups is 1. The van der Waals surface area contributed by atoms with Crippen molar-refractivity contribution in [1.82, 2.24) is 10.3 Å². The number of thiazole rings is 1. The van der Waals surface area contributed by atoms with Crippen LogP contribution in [0.4, 0.5) is 8.78 Å². The van der Waals surface area contributed by atoms with Crippen LogP contribution in [0.15, 0.2) is 41.8 Å². The quantitative estimate of drug-likeness (QED) is 0.581. The number of carbonyl (C=O) groups is 1. The van der Waals surface area contributed by atoms with E-state index < -0.39 is 12.3 Å². The molecule has 2 N–H and O–H groups in total. The van der Waals surface area contributed by atoms with Gasteiger partial charge in [0.1, 0.15) is 22.2 Å². The number of phenols is 1. The highest BCUT2D eigenvalue weighted by molar-refractivity contribution is 7.13. The van der Waals surface area contributed by atoms with Crippen LogP contribution in [-0.2, 0) is 6.54 Å². The van der Waals surface area contributed by atoms with Crippen molar-refractivity contribution in [3.05, 3.63) is 63.6 Å². The predicted octanol–water partition coefficient (Wildman–Crippen LogP) is 5.05. The van der Waals surface area contributed by atoms with Crippen LogP contribution in [0.3, 0.4) is 0 Å². The van der Waals surface area contributed by atoms with Gasteiger partial charge in [0.2, 0.25) is 0 Å². The number of benzene rings is 2. The molecule has 9 heteroatoms. The highest BCUT2D eigenvalue weighted by atomic mass is 35.5. The highest BCUT2D eigenvalue weighted by Crippen LogP contribution is 2.38. The van der Waals surface area contributed by atoms with E-state index in [0.29, 0.717) is 5.02 Å². The zero-order chi connectivity index (χ0) is 20.3. The van der Waals surface area contributed by atoms with Gasteiger partial charge < -0.3 is 15.2 Å². The number of carbonyl (C=O) groups excluding carboxylic acids is 1. The Labute approximate surface area is 168 Å². The molecule has 2 aromatic carbocycles. The van der Waals surface area contributed by atoms with E-state index in [2.05, 4.69) is 10.3 Å². The molecule has 0 saturated heterocycles. The number of rotatable bonds is 6. The number of aromatic nitrogens is 1. The lowest BCUT2D eigenvalue weighted by atomic mass is 10.1. The first kappa shape index (κ1) is 20.0. The number of methoxy groups -OCH3 is 1. The normalized spacial score (nSPS) is 10.9. The molecule has 1 heterocycles. The number of halogens is 3. The van der Waals surface area contributed by atoms with Gasteiger partial charge >= 0.3 is 0 Å². The molecular formula is C19H15ClF2N2O3S. The summed E-state index contributed by atoms with van der Waals surface area (Å²) in [5, 5.41) is 15.1. The average molecular weight is 425 g/mol. The largest absolute Gasteiger partial charge is 0.507 e. The van der Waals surface area contributed by atoms with Crippen molar-refractivity contribution in [1.29, 1.82) is 0 Å². The lowest BCUT2D eigenvalue weighted by molar-refractivity contribution is 0.0947. The van der Waals surface area contributed by atoms with Crippen LogP contribution in [-0.4, -0.2) is 23.1 Å². The summed E-state index contributed by atoms with van der Waals surface area (Å²) in [6.45, 7) is 0.256. The van der Waals surface area contributed by atoms with Crippen molar-refractivity contribution in [2.75, 3.05) is 7.11 Å². The maximum atomic E-state index is 12.8. The van der Waals surface area contributed by atoms with E-state index in [0.717, 1.165) is 16.9 Å². The second kappa shape index (κ2) is 8.53. The number of hydrogen-bond donors (Lipinski definition) is 2. The van der Waals surface area contributed by atoms with Crippen LogP contribution >= 0.6 is 22.9 Å². The lowest BCUT2D eigenvalue weighted by Gasteiger charge is -2.12. The Morgan fingerprint density at radius 2 is 2.04 bits per heavy atom. The zero-order valence-corrected chi connectivity index (χ0v) is 16.2. The molecule has 0 fully saturated rings. The SMILES string of the molecule is COc1cc(-c2nc(C(F)F)cs2)c(O)cc1C(=O)NCc1ccc(Cl)cc1. The number of phenolic OH excluding ortho intramolecular Hbond substituents is 1. The van der Waals surface area contributed by atoms with Crippen LogP contribution < -0.4 is 10.1 Å². The van der Waals surface area contributed by atoms with Gasteiger partial charge in [0, 0.05) is 16.9 Å². The van der Waals surface area contributed by atoms with Gasteiger partial charge in [0.25, 0.3) is 12.3 Å². The zero-order valence-electron chi connectivity index (χ0n) is 14.6. The third-order valence-corrected chi connectivity index (χ3v) is 5.05.